The van der Waals surface area contributed by atoms with Gasteiger partial charge < -0.3 is 0 Å². The van der Waals surface area contributed by atoms with Gasteiger partial charge >= 0.3 is 0 Å². The molecule has 0 atom stereocenters. The minimum atomic E-state index is 0.847. The summed E-state index contributed by atoms with van der Waals surface area (Å²) in [5.41, 5.74) is 0.847. The van der Waals surface area contributed by atoms with Crippen LogP contribution in [0.15, 0.2) is 12.7 Å². The van der Waals surface area contributed by atoms with Crippen molar-refractivity contribution in [3.05, 3.63) is 12.7 Å². The average Bonchev–Trinajstić information content (AvgIpc) is 1.90. The molecule has 0 fully saturated rings. The van der Waals surface area contributed by atoms with E-state index in [1.54, 1.807) is 0 Å². The zero-order valence-electron chi connectivity index (χ0n) is 4.70. The standard InChI is InChI=1S/C3H5B2N3/c4-5-3-7-1-6-2-8-3/h1-2,5H,4H2. The Morgan fingerprint density at radius 3 is 2.38 bits per heavy atom. The molecule has 0 aliphatic carbocycles. The summed E-state index contributed by atoms with van der Waals surface area (Å²) in [4.78, 5) is 11.4. The van der Waals surface area contributed by atoms with Crippen molar-refractivity contribution in [2.75, 3.05) is 0 Å². The molecule has 0 radical (unpaired) electrons. The maximum atomic E-state index is 3.88. The maximum Gasteiger partial charge on any atom is 0.167 e. The summed E-state index contributed by atoms with van der Waals surface area (Å²) < 4.78 is 0. The molecule has 1 aromatic heterocycles. The van der Waals surface area contributed by atoms with Crippen molar-refractivity contribution in [3.8, 4) is 0 Å². The predicted octanol–water partition coefficient (Wildman–Crippen LogP) is -2.52. The van der Waals surface area contributed by atoms with Crippen LogP contribution in [-0.4, -0.2) is 29.9 Å². The van der Waals surface area contributed by atoms with E-state index in [-0.39, 0.29) is 0 Å². The molecular weight excluding hydrogens is 99.7 g/mol. The van der Waals surface area contributed by atoms with E-state index in [0.717, 1.165) is 12.9 Å². The van der Waals surface area contributed by atoms with E-state index in [1.807, 2.05) is 7.74 Å². The van der Waals surface area contributed by atoms with Crippen molar-refractivity contribution < 1.29 is 0 Å². The van der Waals surface area contributed by atoms with Crippen molar-refractivity contribution in [1.82, 2.24) is 15.0 Å². The minimum absolute atomic E-state index is 0.847. The number of hydrogen-bond donors (Lipinski definition) is 0. The minimum Gasteiger partial charge on any atom is -0.233 e. The van der Waals surface area contributed by atoms with Gasteiger partial charge in [0.1, 0.15) is 12.7 Å². The molecular formula is C3H5B2N3. The fourth-order valence-corrected chi connectivity index (χ4v) is 0.446. The summed E-state index contributed by atoms with van der Waals surface area (Å²) in [6.07, 6.45) is 3.01. The van der Waals surface area contributed by atoms with E-state index in [4.69, 9.17) is 0 Å². The monoisotopic (exact) mass is 105 g/mol. The third kappa shape index (κ3) is 1.05. The van der Waals surface area contributed by atoms with Gasteiger partial charge in [-0.15, -0.1) is 0 Å². The van der Waals surface area contributed by atoms with E-state index in [0.29, 0.717) is 0 Å². The van der Waals surface area contributed by atoms with Crippen LogP contribution in [0.4, 0.5) is 0 Å². The molecule has 0 spiro atoms. The van der Waals surface area contributed by atoms with E-state index in [1.165, 1.54) is 12.7 Å². The Morgan fingerprint density at radius 2 is 2.00 bits per heavy atom. The normalized spacial score (nSPS) is 8.50. The van der Waals surface area contributed by atoms with Crippen molar-refractivity contribution in [2.24, 2.45) is 0 Å². The summed E-state index contributed by atoms with van der Waals surface area (Å²) in [5.74, 6) is 0. The number of aromatic nitrogens is 3. The zero-order valence-corrected chi connectivity index (χ0v) is 4.70. The summed E-state index contributed by atoms with van der Waals surface area (Å²) in [7, 11) is 2.89. The zero-order chi connectivity index (χ0) is 5.82. The first-order valence-electron chi connectivity index (χ1n) is 2.54. The van der Waals surface area contributed by atoms with Gasteiger partial charge in [0, 0.05) is 0 Å². The van der Waals surface area contributed by atoms with Gasteiger partial charge in [0.25, 0.3) is 0 Å². The third-order valence-corrected chi connectivity index (χ3v) is 0.863. The molecule has 0 aliphatic heterocycles. The lowest BCUT2D eigenvalue weighted by atomic mass is 9.55. The van der Waals surface area contributed by atoms with Crippen LogP contribution in [-0.2, 0) is 0 Å². The molecule has 0 unspecified atom stereocenters. The number of nitrogens with zero attached hydrogens (tertiary/aromatic N) is 3. The lowest BCUT2D eigenvalue weighted by molar-refractivity contribution is 1.09. The van der Waals surface area contributed by atoms with Gasteiger partial charge in [-0.3, -0.25) is 0 Å². The Labute approximate surface area is 49.2 Å². The average molecular weight is 105 g/mol. The lowest BCUT2D eigenvalue weighted by Crippen LogP contribution is -2.21. The first kappa shape index (κ1) is 5.28. The van der Waals surface area contributed by atoms with E-state index >= 15 is 0 Å². The molecule has 0 aromatic carbocycles. The first-order chi connectivity index (χ1) is 3.93. The molecule has 0 amide bonds. The quantitative estimate of drug-likeness (QED) is 0.370. The van der Waals surface area contributed by atoms with Gasteiger partial charge in [-0.2, -0.15) is 0 Å². The van der Waals surface area contributed by atoms with E-state index < -0.39 is 0 Å². The molecule has 1 aromatic rings. The summed E-state index contributed by atoms with van der Waals surface area (Å²) >= 11 is 0. The largest absolute Gasteiger partial charge is 0.233 e. The van der Waals surface area contributed by atoms with E-state index in [2.05, 4.69) is 15.0 Å². The van der Waals surface area contributed by atoms with Gasteiger partial charge in [0.05, 0.1) is 13.5 Å². The Hall–Kier alpha value is -0.860. The number of hydrogen-bond acceptors (Lipinski definition) is 3. The van der Waals surface area contributed by atoms with Crippen LogP contribution in [0.2, 0.25) is 0 Å². The fourth-order valence-electron chi connectivity index (χ4n) is 0.446. The highest BCUT2D eigenvalue weighted by Gasteiger charge is 1.86. The van der Waals surface area contributed by atoms with Crippen molar-refractivity contribution >= 4 is 20.6 Å². The Bertz CT molecular complexity index is 154. The summed E-state index contributed by atoms with van der Waals surface area (Å²) in [6.45, 7) is 0. The topological polar surface area (TPSA) is 38.7 Å². The highest BCUT2D eigenvalue weighted by molar-refractivity contribution is 6.96. The predicted molar refractivity (Wildman–Crippen MR) is 35.2 cm³/mol. The van der Waals surface area contributed by atoms with Gasteiger partial charge in [-0.25, -0.2) is 15.0 Å². The van der Waals surface area contributed by atoms with Gasteiger partial charge in [-0.1, -0.05) is 0 Å². The van der Waals surface area contributed by atoms with Crippen LogP contribution < -0.4 is 5.72 Å². The van der Waals surface area contributed by atoms with Crippen LogP contribution in [0.1, 0.15) is 0 Å². The maximum absolute atomic E-state index is 3.88. The molecule has 0 N–H and O–H groups in total. The Kier molecular flexibility index (Phi) is 1.62. The Morgan fingerprint density at radius 1 is 1.38 bits per heavy atom. The van der Waals surface area contributed by atoms with Gasteiger partial charge in [0.2, 0.25) is 0 Å². The highest BCUT2D eigenvalue weighted by Crippen LogP contribution is 1.57. The van der Waals surface area contributed by atoms with Crippen LogP contribution in [0, 0.1) is 0 Å². The molecule has 1 heterocycles. The second-order valence-corrected chi connectivity index (χ2v) is 1.41. The second-order valence-electron chi connectivity index (χ2n) is 1.41. The molecule has 1 rings (SSSR count). The highest BCUT2D eigenvalue weighted by atomic mass is 14.9. The van der Waals surface area contributed by atoms with Gasteiger partial charge in [0.15, 0.2) is 7.17 Å². The smallest absolute Gasteiger partial charge is 0.167 e. The summed E-state index contributed by atoms with van der Waals surface area (Å²) in [5, 5.41) is 0. The molecule has 0 bridgehead atoms. The summed E-state index contributed by atoms with van der Waals surface area (Å²) in [6, 6.07) is 0. The van der Waals surface area contributed by atoms with E-state index in [9.17, 15) is 0 Å². The van der Waals surface area contributed by atoms with Crippen molar-refractivity contribution in [1.29, 1.82) is 0 Å². The third-order valence-electron chi connectivity index (χ3n) is 0.863. The SMILES string of the molecule is BBc1ncncn1. The van der Waals surface area contributed by atoms with Crippen LogP contribution >= 0.6 is 0 Å². The van der Waals surface area contributed by atoms with Crippen molar-refractivity contribution in [3.63, 3.8) is 0 Å². The molecule has 0 saturated carbocycles. The molecule has 8 heavy (non-hydrogen) atoms. The molecule has 5 heteroatoms. The van der Waals surface area contributed by atoms with Crippen LogP contribution in [0.25, 0.3) is 0 Å². The number of rotatable bonds is 1. The fraction of sp³-hybridized carbons (Fsp3) is 0. The van der Waals surface area contributed by atoms with Crippen molar-refractivity contribution in [2.45, 2.75) is 0 Å². The second kappa shape index (κ2) is 2.45. The first-order valence-corrected chi connectivity index (χ1v) is 2.54. The molecule has 38 valence electrons. The Balaban J connectivity index is 2.83. The van der Waals surface area contributed by atoms with Crippen LogP contribution in [0.5, 0.6) is 0 Å². The van der Waals surface area contributed by atoms with Gasteiger partial charge in [-0.05, 0) is 0 Å². The molecule has 0 aliphatic rings. The van der Waals surface area contributed by atoms with Crippen LogP contribution in [0.3, 0.4) is 0 Å². The molecule has 0 saturated heterocycles. The lowest BCUT2D eigenvalue weighted by Gasteiger charge is -1.86. The molecule has 3 nitrogen and oxygen atoms in total.